The molecule has 0 radical (unpaired) electrons. The Morgan fingerprint density at radius 2 is 1.71 bits per heavy atom. The highest BCUT2D eigenvalue weighted by Crippen LogP contribution is 2.37. The lowest BCUT2D eigenvalue weighted by Gasteiger charge is -2.36. The van der Waals surface area contributed by atoms with E-state index in [2.05, 4.69) is 53.9 Å². The molecular weight excluding hydrogens is 541 g/mol. The van der Waals surface area contributed by atoms with E-state index in [4.69, 9.17) is 14.0 Å². The molecule has 0 N–H and O–H groups in total. The van der Waals surface area contributed by atoms with E-state index < -0.39 is 8.32 Å². The Labute approximate surface area is 245 Å². The second-order valence-corrected chi connectivity index (χ2v) is 17.7. The van der Waals surface area contributed by atoms with Crippen molar-refractivity contribution in [1.29, 1.82) is 0 Å². The first-order chi connectivity index (χ1) is 19.1. The number of amides is 1. The van der Waals surface area contributed by atoms with E-state index in [9.17, 15) is 4.79 Å². The van der Waals surface area contributed by atoms with Gasteiger partial charge < -0.3 is 23.8 Å². The van der Waals surface area contributed by atoms with Crippen LogP contribution in [0.15, 0.2) is 35.7 Å². The number of nitrogens with zero attached hydrogens (tertiary/aromatic N) is 5. The van der Waals surface area contributed by atoms with E-state index in [0.29, 0.717) is 48.6 Å². The van der Waals surface area contributed by atoms with Crippen molar-refractivity contribution in [2.75, 3.05) is 38.3 Å². The van der Waals surface area contributed by atoms with E-state index in [1.54, 1.807) is 36.5 Å². The van der Waals surface area contributed by atoms with Crippen LogP contribution >= 0.6 is 0 Å². The van der Waals surface area contributed by atoms with Gasteiger partial charge in [-0.15, -0.1) is 0 Å². The Morgan fingerprint density at radius 1 is 1.07 bits per heavy atom. The number of carbonyl (C=O) groups is 1. The second-order valence-electron chi connectivity index (χ2n) is 12.9. The van der Waals surface area contributed by atoms with Gasteiger partial charge in [0.05, 0.1) is 12.3 Å². The normalized spacial score (nSPS) is 14.6. The molecule has 0 unspecified atom stereocenters. The Balaban J connectivity index is 1.50. The van der Waals surface area contributed by atoms with Gasteiger partial charge in [0.25, 0.3) is 0 Å². The maximum atomic E-state index is 15.4. The number of ether oxygens (including phenoxy) is 1. The number of oxime groups is 1. The number of piperidine rings is 1. The Bertz CT molecular complexity index is 1200. The minimum absolute atomic E-state index is 0.0543. The molecule has 9 nitrogen and oxygen atoms in total. The number of hydrogen-bond donors (Lipinski definition) is 0. The highest BCUT2D eigenvalue weighted by molar-refractivity contribution is 6.74. The van der Waals surface area contributed by atoms with Crippen molar-refractivity contribution < 1.29 is 23.2 Å². The zero-order valence-electron chi connectivity index (χ0n) is 26.1. The summed E-state index contributed by atoms with van der Waals surface area (Å²) in [5.41, 5.74) is 2.26. The van der Waals surface area contributed by atoms with Crippen molar-refractivity contribution in [2.45, 2.75) is 84.7 Å². The molecular formula is C30H46FN5O4Si. The van der Waals surface area contributed by atoms with Crippen molar-refractivity contribution >= 4 is 26.1 Å². The summed E-state index contributed by atoms with van der Waals surface area (Å²) in [6.45, 7) is 18.6. The Morgan fingerprint density at radius 3 is 2.29 bits per heavy atom. The summed E-state index contributed by atoms with van der Waals surface area (Å²) in [5.74, 6) is 0.304. The summed E-state index contributed by atoms with van der Waals surface area (Å²) >= 11 is 0. The van der Waals surface area contributed by atoms with Crippen molar-refractivity contribution in [3.8, 4) is 11.1 Å². The monoisotopic (exact) mass is 587 g/mol. The van der Waals surface area contributed by atoms with Gasteiger partial charge in [0.2, 0.25) is 5.95 Å². The SMILES string of the molecule is CN(C(=O)OCCON=C1CCN(c2ncc(-c3cccc(CO[Si](C)(C)C(C)(C)C)c3F)cn2)CC1)C(C)(C)C. The van der Waals surface area contributed by atoms with Gasteiger partial charge in [-0.2, -0.15) is 0 Å². The predicted molar refractivity (Wildman–Crippen MR) is 163 cm³/mol. The number of rotatable bonds is 9. The van der Waals surface area contributed by atoms with Crippen LogP contribution in [-0.2, 0) is 20.6 Å². The number of carbonyl (C=O) groups excluding carboxylic acids is 1. The molecule has 11 heteroatoms. The van der Waals surface area contributed by atoms with Crippen LogP contribution < -0.4 is 4.90 Å². The number of benzene rings is 1. The van der Waals surface area contributed by atoms with E-state index in [1.165, 1.54) is 0 Å². The fourth-order valence-electron chi connectivity index (χ4n) is 3.74. The highest BCUT2D eigenvalue weighted by Gasteiger charge is 2.37. The van der Waals surface area contributed by atoms with Crippen molar-refractivity contribution in [1.82, 2.24) is 14.9 Å². The molecule has 1 amide bonds. The average molecular weight is 588 g/mol. The summed E-state index contributed by atoms with van der Waals surface area (Å²) in [7, 11) is -0.291. The van der Waals surface area contributed by atoms with Crippen molar-refractivity contribution in [3.63, 3.8) is 0 Å². The molecule has 226 valence electrons. The lowest BCUT2D eigenvalue weighted by Crippen LogP contribution is -2.43. The minimum atomic E-state index is -2.00. The summed E-state index contributed by atoms with van der Waals surface area (Å²) < 4.78 is 26.9. The highest BCUT2D eigenvalue weighted by atomic mass is 28.4. The van der Waals surface area contributed by atoms with Crippen LogP contribution in [0.3, 0.4) is 0 Å². The van der Waals surface area contributed by atoms with Gasteiger partial charge in [-0.25, -0.2) is 19.2 Å². The molecule has 0 bridgehead atoms. The fourth-order valence-corrected chi connectivity index (χ4v) is 4.69. The first-order valence-corrected chi connectivity index (χ1v) is 17.1. The molecule has 1 saturated heterocycles. The molecule has 0 saturated carbocycles. The third kappa shape index (κ3) is 8.72. The number of hydrogen-bond acceptors (Lipinski definition) is 8. The van der Waals surface area contributed by atoms with Crippen LogP contribution in [0.25, 0.3) is 11.1 Å². The van der Waals surface area contributed by atoms with Crippen LogP contribution in [0.2, 0.25) is 18.1 Å². The van der Waals surface area contributed by atoms with Crippen molar-refractivity contribution in [3.05, 3.63) is 42.0 Å². The Kier molecular flexibility index (Phi) is 10.5. The molecule has 1 aromatic heterocycles. The third-order valence-electron chi connectivity index (χ3n) is 7.92. The topological polar surface area (TPSA) is 89.4 Å². The minimum Gasteiger partial charge on any atom is -0.446 e. The molecule has 1 aliphatic rings. The number of halogens is 1. The molecule has 0 atom stereocenters. The largest absolute Gasteiger partial charge is 0.446 e. The standard InChI is InChI=1S/C30H46FN5O4Si/c1-29(2,3)35(7)28(37)38-17-18-39-34-24-13-15-36(16-14-24)27-32-19-23(20-33-27)25-12-10-11-22(26(25)31)21-40-41(8,9)30(4,5)6/h10-12,19-20H,13-18,21H2,1-9H3. The van der Waals surface area contributed by atoms with Gasteiger partial charge in [0, 0.05) is 67.6 Å². The second kappa shape index (κ2) is 13.3. The van der Waals surface area contributed by atoms with Gasteiger partial charge >= 0.3 is 6.09 Å². The maximum Gasteiger partial charge on any atom is 0.410 e. The average Bonchev–Trinajstić information content (AvgIpc) is 2.91. The van der Waals surface area contributed by atoms with Gasteiger partial charge in [0.15, 0.2) is 14.9 Å². The molecule has 3 rings (SSSR count). The van der Waals surface area contributed by atoms with Crippen LogP contribution in [0.1, 0.15) is 59.9 Å². The molecule has 2 heterocycles. The Hall–Kier alpha value is -3.05. The quantitative estimate of drug-likeness (QED) is 0.184. The van der Waals surface area contributed by atoms with Crippen LogP contribution in [0, 0.1) is 5.82 Å². The van der Waals surface area contributed by atoms with E-state index in [1.807, 2.05) is 26.8 Å². The van der Waals surface area contributed by atoms with Gasteiger partial charge in [-0.3, -0.25) is 0 Å². The predicted octanol–water partition coefficient (Wildman–Crippen LogP) is 6.64. The molecule has 1 aromatic carbocycles. The maximum absolute atomic E-state index is 15.4. The van der Waals surface area contributed by atoms with E-state index in [0.717, 1.165) is 5.71 Å². The molecule has 0 aliphatic carbocycles. The lowest BCUT2D eigenvalue weighted by atomic mass is 10.1. The van der Waals surface area contributed by atoms with Crippen LogP contribution in [-0.4, -0.2) is 73.9 Å². The molecule has 41 heavy (non-hydrogen) atoms. The van der Waals surface area contributed by atoms with Crippen LogP contribution in [0.5, 0.6) is 0 Å². The molecule has 1 aliphatic heterocycles. The first kappa shape index (κ1) is 32.5. The number of anilines is 1. The summed E-state index contributed by atoms with van der Waals surface area (Å²) in [6.07, 6.45) is 4.37. The van der Waals surface area contributed by atoms with E-state index in [-0.39, 0.29) is 42.3 Å². The van der Waals surface area contributed by atoms with Crippen molar-refractivity contribution in [2.24, 2.45) is 5.16 Å². The summed E-state index contributed by atoms with van der Waals surface area (Å²) in [6, 6.07) is 5.37. The van der Waals surface area contributed by atoms with Gasteiger partial charge in [0.1, 0.15) is 12.4 Å². The zero-order valence-corrected chi connectivity index (χ0v) is 27.1. The number of aromatic nitrogens is 2. The molecule has 1 fully saturated rings. The zero-order chi connectivity index (χ0) is 30.4. The molecule has 0 spiro atoms. The van der Waals surface area contributed by atoms with Gasteiger partial charge in [-0.05, 0) is 38.9 Å². The third-order valence-corrected chi connectivity index (χ3v) is 12.4. The fraction of sp³-hybridized carbons (Fsp3) is 0.600. The first-order valence-electron chi connectivity index (χ1n) is 14.2. The molecule has 2 aromatic rings. The lowest BCUT2D eigenvalue weighted by molar-refractivity contribution is 0.0466. The summed E-state index contributed by atoms with van der Waals surface area (Å²) in [5, 5.41) is 4.27. The van der Waals surface area contributed by atoms with Gasteiger partial charge in [-0.1, -0.05) is 44.1 Å². The summed E-state index contributed by atoms with van der Waals surface area (Å²) in [4.78, 5) is 30.1. The smallest absolute Gasteiger partial charge is 0.410 e. The van der Waals surface area contributed by atoms with Crippen LogP contribution in [0.4, 0.5) is 15.1 Å². The van der Waals surface area contributed by atoms with E-state index >= 15 is 4.39 Å².